The molecule has 0 aromatic heterocycles. The van der Waals surface area contributed by atoms with Crippen LogP contribution in [0.2, 0.25) is 0 Å². The summed E-state index contributed by atoms with van der Waals surface area (Å²) in [5.74, 6) is 0.173. The smallest absolute Gasteiger partial charge is 0.389 e. The third kappa shape index (κ3) is 8.14. The van der Waals surface area contributed by atoms with E-state index in [4.69, 9.17) is 14.2 Å². The van der Waals surface area contributed by atoms with Crippen molar-refractivity contribution in [2.75, 3.05) is 20.3 Å². The van der Waals surface area contributed by atoms with Gasteiger partial charge in [-0.05, 0) is 55.2 Å². The molecule has 0 fully saturated rings. The van der Waals surface area contributed by atoms with Crippen molar-refractivity contribution >= 4 is 5.97 Å². The van der Waals surface area contributed by atoms with Gasteiger partial charge in [-0.25, -0.2) is 0 Å². The van der Waals surface area contributed by atoms with Gasteiger partial charge in [0.25, 0.3) is 0 Å². The molecule has 10 heteroatoms. The molecule has 0 aliphatic heterocycles. The number of esters is 1. The van der Waals surface area contributed by atoms with E-state index in [2.05, 4.69) is 0 Å². The van der Waals surface area contributed by atoms with Crippen LogP contribution in [0.3, 0.4) is 0 Å². The molecule has 0 aliphatic rings. The van der Waals surface area contributed by atoms with E-state index >= 15 is 0 Å². The molecule has 2 rings (SSSR count). The highest BCUT2D eigenvalue weighted by Crippen LogP contribution is 2.35. The molecule has 0 atom stereocenters. The Hall–Kier alpha value is -2.91. The lowest BCUT2D eigenvalue weighted by Gasteiger charge is -2.28. The Morgan fingerprint density at radius 2 is 1.06 bits per heavy atom. The number of ether oxygens (including phenoxy) is 3. The molecule has 0 amide bonds. The number of hydrogen-bond acceptors (Lipinski definition) is 4. The average molecular weight is 492 g/mol. The zero-order chi connectivity index (χ0) is 25.4. The van der Waals surface area contributed by atoms with E-state index in [0.29, 0.717) is 22.6 Å². The Labute approximate surface area is 193 Å². The molecule has 4 nitrogen and oxygen atoms in total. The number of carbonyl (C=O) groups excluding carboxylic acids is 1. The van der Waals surface area contributed by atoms with E-state index in [0.717, 1.165) is 0 Å². The van der Waals surface area contributed by atoms with Crippen LogP contribution >= 0.6 is 0 Å². The molecule has 0 bridgehead atoms. The average Bonchev–Trinajstić information content (AvgIpc) is 2.78. The minimum atomic E-state index is -4.24. The Bertz CT molecular complexity index is 840. The van der Waals surface area contributed by atoms with Gasteiger partial charge in [0, 0.05) is 12.8 Å². The Balaban J connectivity index is 2.09. The van der Waals surface area contributed by atoms with Crippen molar-refractivity contribution < 1.29 is 45.3 Å². The summed E-state index contributed by atoms with van der Waals surface area (Å²) in [6.07, 6.45) is -10.7. The molecular formula is C24H26F6O4. The fourth-order valence-corrected chi connectivity index (χ4v) is 3.30. The standard InChI is InChI=1S/C24H26F6O4/c1-22(21(31)32-2,17-5-9-19(10-6-17)33-15-3-13-23(25,26)27)18-7-11-20(12-8-18)34-16-4-14-24(28,29)30/h5-12H,3-4,13-16H2,1-2H3. The molecule has 0 radical (unpaired) electrons. The molecule has 0 aliphatic carbocycles. The normalized spacial score (nSPS) is 12.4. The van der Waals surface area contributed by atoms with E-state index in [1.54, 1.807) is 55.5 Å². The number of benzene rings is 2. The van der Waals surface area contributed by atoms with Crippen LogP contribution < -0.4 is 9.47 Å². The largest absolute Gasteiger partial charge is 0.494 e. The minimum absolute atomic E-state index is 0.0996. The van der Waals surface area contributed by atoms with Gasteiger partial charge < -0.3 is 14.2 Å². The van der Waals surface area contributed by atoms with Crippen LogP contribution in [0.5, 0.6) is 11.5 Å². The van der Waals surface area contributed by atoms with E-state index < -0.39 is 36.6 Å². The van der Waals surface area contributed by atoms with Crippen molar-refractivity contribution in [2.45, 2.75) is 50.4 Å². The van der Waals surface area contributed by atoms with Gasteiger partial charge in [0.1, 0.15) is 16.9 Å². The maximum atomic E-state index is 12.7. The highest BCUT2D eigenvalue weighted by molar-refractivity contribution is 5.87. The lowest BCUT2D eigenvalue weighted by Crippen LogP contribution is -2.35. The molecule has 0 saturated carbocycles. The van der Waals surface area contributed by atoms with Crippen LogP contribution in [-0.2, 0) is 14.9 Å². The third-order valence-corrected chi connectivity index (χ3v) is 5.20. The molecule has 2 aromatic carbocycles. The van der Waals surface area contributed by atoms with Gasteiger partial charge in [-0.1, -0.05) is 24.3 Å². The van der Waals surface area contributed by atoms with E-state index in [9.17, 15) is 31.1 Å². The first kappa shape index (κ1) is 27.3. The second-order valence-electron chi connectivity index (χ2n) is 7.80. The highest BCUT2D eigenvalue weighted by atomic mass is 19.4. The zero-order valence-electron chi connectivity index (χ0n) is 18.8. The van der Waals surface area contributed by atoms with E-state index in [1.165, 1.54) is 7.11 Å². The molecule has 0 N–H and O–H groups in total. The molecule has 2 aromatic rings. The number of halogens is 6. The summed E-state index contributed by atoms with van der Waals surface area (Å²) in [6.45, 7) is 1.45. The first-order valence-corrected chi connectivity index (χ1v) is 10.5. The zero-order valence-corrected chi connectivity index (χ0v) is 18.8. The summed E-state index contributed by atoms with van der Waals surface area (Å²) in [5.41, 5.74) is -0.111. The summed E-state index contributed by atoms with van der Waals surface area (Å²) < 4.78 is 89.1. The van der Waals surface area contributed by atoms with Crippen molar-refractivity contribution in [1.82, 2.24) is 0 Å². The predicted molar refractivity (Wildman–Crippen MR) is 113 cm³/mol. The Kier molecular flexibility index (Phi) is 9.23. The molecule has 188 valence electrons. The van der Waals surface area contributed by atoms with E-state index in [1.807, 2.05) is 0 Å². The highest BCUT2D eigenvalue weighted by Gasteiger charge is 2.38. The SMILES string of the molecule is COC(=O)C(C)(c1ccc(OCCCC(F)(F)F)cc1)c1ccc(OCCCC(F)(F)F)cc1. The van der Waals surface area contributed by atoms with Crippen molar-refractivity contribution in [3.63, 3.8) is 0 Å². The number of alkyl halides is 6. The van der Waals surface area contributed by atoms with Crippen LogP contribution in [0.4, 0.5) is 26.3 Å². The van der Waals surface area contributed by atoms with Gasteiger partial charge in [0.2, 0.25) is 0 Å². The van der Waals surface area contributed by atoms with Gasteiger partial charge in [0.15, 0.2) is 0 Å². The van der Waals surface area contributed by atoms with Gasteiger partial charge in [0.05, 0.1) is 20.3 Å². The minimum Gasteiger partial charge on any atom is -0.494 e. The van der Waals surface area contributed by atoms with Crippen LogP contribution in [0.25, 0.3) is 0 Å². The van der Waals surface area contributed by atoms with Crippen molar-refractivity contribution in [3.8, 4) is 11.5 Å². The number of carbonyl (C=O) groups is 1. The molecular weight excluding hydrogens is 466 g/mol. The second-order valence-corrected chi connectivity index (χ2v) is 7.80. The predicted octanol–water partition coefficient (Wildman–Crippen LogP) is 6.61. The fraction of sp³-hybridized carbons (Fsp3) is 0.458. The summed E-state index contributed by atoms with van der Waals surface area (Å²) in [4.78, 5) is 12.7. The Morgan fingerprint density at radius 3 is 1.35 bits per heavy atom. The van der Waals surface area contributed by atoms with Crippen molar-refractivity contribution in [3.05, 3.63) is 59.7 Å². The summed E-state index contributed by atoms with van der Waals surface area (Å²) in [6, 6.07) is 12.7. The monoisotopic (exact) mass is 492 g/mol. The summed E-state index contributed by atoms with van der Waals surface area (Å²) >= 11 is 0. The van der Waals surface area contributed by atoms with Gasteiger partial charge in [-0.3, -0.25) is 4.79 Å². The molecule has 0 heterocycles. The third-order valence-electron chi connectivity index (χ3n) is 5.20. The summed E-state index contributed by atoms with van der Waals surface area (Å²) in [7, 11) is 1.25. The Morgan fingerprint density at radius 1 is 0.706 bits per heavy atom. The lowest BCUT2D eigenvalue weighted by atomic mass is 9.76. The molecule has 0 saturated heterocycles. The van der Waals surface area contributed by atoms with Crippen LogP contribution in [0.1, 0.15) is 43.7 Å². The number of methoxy groups -OCH3 is 1. The van der Waals surface area contributed by atoms with Crippen LogP contribution in [0, 0.1) is 0 Å². The fourth-order valence-electron chi connectivity index (χ4n) is 3.30. The first-order valence-electron chi connectivity index (χ1n) is 10.5. The quantitative estimate of drug-likeness (QED) is 0.201. The maximum Gasteiger partial charge on any atom is 0.389 e. The van der Waals surface area contributed by atoms with E-state index in [-0.39, 0.29) is 26.1 Å². The summed E-state index contributed by atoms with van der Waals surface area (Å²) in [5, 5.41) is 0. The van der Waals surface area contributed by atoms with Crippen LogP contribution in [0.15, 0.2) is 48.5 Å². The van der Waals surface area contributed by atoms with Gasteiger partial charge >= 0.3 is 18.3 Å². The molecule has 0 unspecified atom stereocenters. The van der Waals surface area contributed by atoms with Crippen molar-refractivity contribution in [2.24, 2.45) is 0 Å². The molecule has 34 heavy (non-hydrogen) atoms. The second kappa shape index (κ2) is 11.5. The van der Waals surface area contributed by atoms with Crippen LogP contribution in [-0.4, -0.2) is 38.6 Å². The first-order chi connectivity index (χ1) is 15.8. The number of hydrogen-bond donors (Lipinski definition) is 0. The number of rotatable bonds is 11. The maximum absolute atomic E-state index is 12.7. The lowest BCUT2D eigenvalue weighted by molar-refractivity contribution is -0.145. The van der Waals surface area contributed by atoms with Gasteiger partial charge in [-0.15, -0.1) is 0 Å². The molecule has 0 spiro atoms. The van der Waals surface area contributed by atoms with Gasteiger partial charge in [-0.2, -0.15) is 26.3 Å². The van der Waals surface area contributed by atoms with Crippen molar-refractivity contribution in [1.29, 1.82) is 0 Å². The topological polar surface area (TPSA) is 44.8 Å².